The van der Waals surface area contributed by atoms with Crippen LogP contribution in [0.15, 0.2) is 12.1 Å². The third-order valence-corrected chi connectivity index (χ3v) is 4.29. The highest BCUT2D eigenvalue weighted by atomic mass is 127. The molecular weight excluding hydrogens is 516 g/mol. The first-order valence-electron chi connectivity index (χ1n) is 5.40. The van der Waals surface area contributed by atoms with Gasteiger partial charge in [-0.25, -0.2) is 4.79 Å². The molecular formula is C12H9F2I2O5-. The molecule has 0 atom stereocenters. The van der Waals surface area contributed by atoms with E-state index >= 15 is 0 Å². The molecule has 0 heterocycles. The van der Waals surface area contributed by atoms with Crippen molar-refractivity contribution in [1.29, 1.82) is 0 Å². The first-order chi connectivity index (χ1) is 9.40. The Morgan fingerprint density at radius 1 is 1.24 bits per heavy atom. The molecule has 1 rings (SSSR count). The molecule has 0 bridgehead atoms. The van der Waals surface area contributed by atoms with Crippen molar-refractivity contribution in [3.8, 4) is 5.75 Å². The number of hydrogen-bond donors (Lipinski definition) is 1. The lowest BCUT2D eigenvalue weighted by Crippen LogP contribution is -2.57. The van der Waals surface area contributed by atoms with E-state index in [1.54, 1.807) is 45.2 Å². The molecule has 1 aromatic rings. The second kappa shape index (κ2) is 6.18. The molecule has 0 aliphatic rings. The molecule has 0 saturated carbocycles. The fraction of sp³-hybridized carbons (Fsp3) is 0.333. The highest BCUT2D eigenvalue weighted by Gasteiger charge is 2.51. The Bertz CT molecular complexity index is 578. The molecule has 0 fully saturated rings. The Balaban J connectivity index is 3.15. The summed E-state index contributed by atoms with van der Waals surface area (Å²) in [4.78, 5) is 22.5. The number of hydrogen-bond acceptors (Lipinski definition) is 5. The fourth-order valence-electron chi connectivity index (χ4n) is 1.35. The molecule has 0 spiro atoms. The van der Waals surface area contributed by atoms with Gasteiger partial charge >= 0.3 is 11.9 Å². The van der Waals surface area contributed by atoms with E-state index in [0.29, 0.717) is 0 Å². The van der Waals surface area contributed by atoms with Crippen molar-refractivity contribution in [3.05, 3.63) is 24.8 Å². The van der Waals surface area contributed by atoms with Crippen molar-refractivity contribution in [2.24, 2.45) is 0 Å². The number of rotatable bonds is 4. The molecule has 0 amide bonds. The van der Waals surface area contributed by atoms with Crippen LogP contribution in [0.4, 0.5) is 8.78 Å². The quantitative estimate of drug-likeness (QED) is 0.480. The van der Waals surface area contributed by atoms with Crippen molar-refractivity contribution < 1.29 is 33.3 Å². The first-order valence-corrected chi connectivity index (χ1v) is 7.56. The summed E-state index contributed by atoms with van der Waals surface area (Å²) in [5, 5.41) is 19.8. The number of aliphatic carboxylic acids is 1. The van der Waals surface area contributed by atoms with E-state index < -0.39 is 23.5 Å². The van der Waals surface area contributed by atoms with Crippen LogP contribution < -0.4 is 5.11 Å². The Morgan fingerprint density at radius 3 is 2.05 bits per heavy atom. The van der Waals surface area contributed by atoms with Crippen LogP contribution in [-0.2, 0) is 9.53 Å². The zero-order valence-corrected chi connectivity index (χ0v) is 15.1. The van der Waals surface area contributed by atoms with Gasteiger partial charge in [-0.3, -0.25) is 0 Å². The highest BCUT2D eigenvalue weighted by Crippen LogP contribution is 2.33. The smallest absolute Gasteiger partial charge is 0.341 e. The average Bonchev–Trinajstić information content (AvgIpc) is 2.25. The Labute approximate surface area is 146 Å². The number of ether oxygens (including phenoxy) is 1. The number of carboxylic acid groups (broad SMARTS) is 1. The van der Waals surface area contributed by atoms with Crippen LogP contribution in [0.1, 0.15) is 24.2 Å². The minimum Gasteiger partial charge on any atom is -0.544 e. The number of phenolic OH excluding ortho intramolecular Hbond substituents is 1. The molecule has 0 unspecified atom stereocenters. The third-order valence-electron chi connectivity index (χ3n) is 2.59. The van der Waals surface area contributed by atoms with Crippen molar-refractivity contribution in [1.82, 2.24) is 0 Å². The van der Waals surface area contributed by atoms with Crippen LogP contribution in [0.5, 0.6) is 5.75 Å². The van der Waals surface area contributed by atoms with Gasteiger partial charge in [0.15, 0.2) is 5.60 Å². The number of alkyl halides is 2. The van der Waals surface area contributed by atoms with Crippen LogP contribution in [0.3, 0.4) is 0 Å². The van der Waals surface area contributed by atoms with Crippen LogP contribution >= 0.6 is 45.2 Å². The second-order valence-electron chi connectivity index (χ2n) is 4.55. The van der Waals surface area contributed by atoms with Crippen molar-refractivity contribution in [2.45, 2.75) is 25.4 Å². The lowest BCUT2D eigenvalue weighted by molar-refractivity contribution is -0.341. The number of benzene rings is 1. The molecule has 0 aromatic heterocycles. The lowest BCUT2D eigenvalue weighted by atomic mass is 10.0. The van der Waals surface area contributed by atoms with Gasteiger partial charge in [-0.05, 0) is 71.2 Å². The Kier molecular flexibility index (Phi) is 5.40. The van der Waals surface area contributed by atoms with E-state index in [2.05, 4.69) is 4.74 Å². The summed E-state index contributed by atoms with van der Waals surface area (Å²) < 4.78 is 32.2. The maximum absolute atomic E-state index is 13.5. The maximum Gasteiger partial charge on any atom is 0.341 e. The van der Waals surface area contributed by atoms with Crippen LogP contribution in [0, 0.1) is 7.14 Å². The largest absolute Gasteiger partial charge is 0.544 e. The van der Waals surface area contributed by atoms with Gasteiger partial charge in [0, 0.05) is 7.14 Å². The van der Waals surface area contributed by atoms with Gasteiger partial charge in [-0.2, -0.15) is 8.78 Å². The van der Waals surface area contributed by atoms with Gasteiger partial charge in [0.25, 0.3) is 0 Å². The topological polar surface area (TPSA) is 86.7 Å². The number of carbonyl (C=O) groups is 2. The van der Waals surface area contributed by atoms with E-state index in [1.165, 1.54) is 12.1 Å². The summed E-state index contributed by atoms with van der Waals surface area (Å²) >= 11 is 3.46. The SMILES string of the molecule is CC(C)(OC(=O)c1c(I)cc(O)cc1I)C(F)(F)C(=O)[O-]. The van der Waals surface area contributed by atoms with Crippen LogP contribution in [0.2, 0.25) is 0 Å². The molecule has 0 aliphatic carbocycles. The Morgan fingerprint density at radius 2 is 1.67 bits per heavy atom. The van der Waals surface area contributed by atoms with Gasteiger partial charge in [-0.15, -0.1) is 0 Å². The third kappa shape index (κ3) is 3.73. The zero-order chi connectivity index (χ0) is 16.6. The minimum atomic E-state index is -4.35. The second-order valence-corrected chi connectivity index (χ2v) is 6.87. The van der Waals surface area contributed by atoms with E-state index in [0.717, 1.165) is 13.8 Å². The van der Waals surface area contributed by atoms with Gasteiger partial charge in [0.2, 0.25) is 0 Å². The number of carboxylic acids is 1. The lowest BCUT2D eigenvalue weighted by Gasteiger charge is -2.34. The molecule has 5 nitrogen and oxygen atoms in total. The van der Waals surface area contributed by atoms with Gasteiger partial charge in [-0.1, -0.05) is 0 Å². The summed E-state index contributed by atoms with van der Waals surface area (Å²) in [6, 6.07) is 2.51. The minimum absolute atomic E-state index is 0.0313. The number of esters is 1. The Hall–Kier alpha value is -0.720. The maximum atomic E-state index is 13.5. The fourth-order valence-corrected chi connectivity index (χ4v) is 3.52. The predicted molar refractivity (Wildman–Crippen MR) is 83.0 cm³/mol. The van der Waals surface area contributed by atoms with Crippen molar-refractivity contribution in [3.63, 3.8) is 0 Å². The first kappa shape index (κ1) is 18.3. The van der Waals surface area contributed by atoms with Gasteiger partial charge in [0.1, 0.15) is 11.7 Å². The monoisotopic (exact) mass is 525 g/mol. The molecule has 1 N–H and O–H groups in total. The predicted octanol–water partition coefficient (Wildman–Crippen LogP) is 1.92. The summed E-state index contributed by atoms with van der Waals surface area (Å²) in [6.07, 6.45) is 0. The van der Waals surface area contributed by atoms with E-state index in [-0.39, 0.29) is 18.5 Å². The average molecular weight is 525 g/mol. The van der Waals surface area contributed by atoms with E-state index in [1.807, 2.05) is 0 Å². The molecule has 0 aliphatic heterocycles. The zero-order valence-electron chi connectivity index (χ0n) is 10.7. The van der Waals surface area contributed by atoms with Crippen LogP contribution in [0.25, 0.3) is 0 Å². The summed E-state index contributed by atoms with van der Waals surface area (Å²) in [6.45, 7) is 1.56. The molecule has 116 valence electrons. The van der Waals surface area contributed by atoms with E-state index in [9.17, 15) is 28.6 Å². The molecule has 1 aromatic carbocycles. The number of carbonyl (C=O) groups excluding carboxylic acids is 2. The number of halogens is 4. The van der Waals surface area contributed by atoms with E-state index in [4.69, 9.17) is 0 Å². The molecule has 0 saturated heterocycles. The normalized spacial score (nSPS) is 12.1. The molecule has 0 radical (unpaired) electrons. The molecule has 21 heavy (non-hydrogen) atoms. The van der Waals surface area contributed by atoms with Gasteiger partial charge in [0.05, 0.1) is 5.56 Å². The van der Waals surface area contributed by atoms with Crippen molar-refractivity contribution in [2.75, 3.05) is 0 Å². The van der Waals surface area contributed by atoms with Crippen molar-refractivity contribution >= 4 is 57.1 Å². The molecule has 9 heteroatoms. The van der Waals surface area contributed by atoms with Crippen LogP contribution in [-0.4, -0.2) is 28.6 Å². The number of phenols is 1. The summed E-state index contributed by atoms with van der Waals surface area (Å²) in [5.74, 6) is -8.19. The summed E-state index contributed by atoms with van der Waals surface area (Å²) in [7, 11) is 0. The van der Waals surface area contributed by atoms with Gasteiger partial charge < -0.3 is 19.7 Å². The standard InChI is InChI=1S/C12H10F2I2O5/c1-11(2,12(13,14)10(19)20)21-9(18)8-6(15)3-5(17)4-7(8)16/h3-4,17H,1-2H3,(H,19,20)/p-1. The number of aromatic hydroxyl groups is 1. The summed E-state index contributed by atoms with van der Waals surface area (Å²) in [5.41, 5.74) is -2.62. The highest BCUT2D eigenvalue weighted by molar-refractivity contribution is 14.1.